The van der Waals surface area contributed by atoms with Crippen LogP contribution in [0.15, 0.2) is 30.3 Å². The Kier molecular flexibility index (Phi) is 10.9. The van der Waals surface area contributed by atoms with Crippen LogP contribution in [0.2, 0.25) is 0 Å². The second-order valence-electron chi connectivity index (χ2n) is 7.98. The van der Waals surface area contributed by atoms with Gasteiger partial charge in [-0.05, 0) is 24.8 Å². The minimum Gasteiger partial charge on any atom is -0.388 e. The molecule has 2 amide bonds. The Balaban J connectivity index is 2.06. The molecule has 1 aromatic carbocycles. The van der Waals surface area contributed by atoms with Gasteiger partial charge in [0.05, 0.1) is 13.0 Å². The third kappa shape index (κ3) is 8.57. The number of amides is 2. The van der Waals surface area contributed by atoms with E-state index in [4.69, 9.17) is 9.47 Å². The van der Waals surface area contributed by atoms with Crippen molar-refractivity contribution < 1.29 is 29.3 Å². The normalized spacial score (nSPS) is 24.8. The second kappa shape index (κ2) is 13.4. The van der Waals surface area contributed by atoms with Crippen molar-refractivity contribution >= 4 is 11.8 Å². The summed E-state index contributed by atoms with van der Waals surface area (Å²) in [6.45, 7) is 3.62. The molecule has 31 heavy (non-hydrogen) atoms. The second-order valence-corrected chi connectivity index (χ2v) is 7.98. The summed E-state index contributed by atoms with van der Waals surface area (Å²) >= 11 is 0. The highest BCUT2D eigenvalue weighted by Gasteiger charge is 2.29. The lowest BCUT2D eigenvalue weighted by atomic mass is 10.1. The molecule has 0 aliphatic carbocycles. The average molecular weight is 437 g/mol. The van der Waals surface area contributed by atoms with Crippen LogP contribution >= 0.6 is 0 Å². The van der Waals surface area contributed by atoms with Crippen molar-refractivity contribution in [3.63, 3.8) is 0 Å². The van der Waals surface area contributed by atoms with Crippen LogP contribution in [-0.2, 0) is 25.5 Å². The maximum atomic E-state index is 12.9. The van der Waals surface area contributed by atoms with Gasteiger partial charge in [0.25, 0.3) is 0 Å². The maximum absolute atomic E-state index is 12.9. The number of carbonyl (C=O) groups is 2. The van der Waals surface area contributed by atoms with Gasteiger partial charge in [-0.25, -0.2) is 0 Å². The first-order valence-electron chi connectivity index (χ1n) is 11.0. The van der Waals surface area contributed by atoms with Crippen molar-refractivity contribution in [2.24, 2.45) is 0 Å². The standard InChI is InChI=1S/C23H36N2O6/c1-18(26)25-13-8-12-24(22(28)15-19-9-4-3-5-10-19)11-6-7-14-31-17-20(27)23(29)21(16-25)30-2/h3-5,9-10,20-21,23,27,29H,6-8,11-17H2,1-2H3/t20-,21-,23-/m0/s1. The van der Waals surface area contributed by atoms with E-state index < -0.39 is 18.3 Å². The summed E-state index contributed by atoms with van der Waals surface area (Å²) in [4.78, 5) is 28.4. The molecule has 2 N–H and O–H groups in total. The van der Waals surface area contributed by atoms with Crippen LogP contribution in [0.3, 0.4) is 0 Å². The zero-order valence-corrected chi connectivity index (χ0v) is 18.6. The minimum absolute atomic E-state index is 0.0161. The van der Waals surface area contributed by atoms with Crippen LogP contribution in [-0.4, -0.2) is 96.6 Å². The highest BCUT2D eigenvalue weighted by molar-refractivity contribution is 5.78. The van der Waals surface area contributed by atoms with Gasteiger partial charge in [0, 0.05) is 46.8 Å². The van der Waals surface area contributed by atoms with Crippen molar-refractivity contribution in [2.75, 3.05) is 46.5 Å². The molecule has 1 saturated heterocycles. The molecular formula is C23H36N2O6. The Bertz CT molecular complexity index is 671. The lowest BCUT2D eigenvalue weighted by Crippen LogP contribution is -2.48. The largest absolute Gasteiger partial charge is 0.388 e. The number of rotatable bonds is 3. The third-order valence-corrected chi connectivity index (χ3v) is 5.59. The van der Waals surface area contributed by atoms with Crippen molar-refractivity contribution in [1.29, 1.82) is 0 Å². The molecule has 1 aliphatic rings. The van der Waals surface area contributed by atoms with Gasteiger partial charge in [0.2, 0.25) is 11.8 Å². The number of hydrogen-bond acceptors (Lipinski definition) is 6. The summed E-state index contributed by atoms with van der Waals surface area (Å²) < 4.78 is 10.8. The first kappa shape index (κ1) is 25.3. The molecule has 1 aliphatic heterocycles. The Morgan fingerprint density at radius 1 is 1.06 bits per heavy atom. The topological polar surface area (TPSA) is 99.5 Å². The van der Waals surface area contributed by atoms with Crippen LogP contribution in [0.1, 0.15) is 31.7 Å². The number of benzene rings is 1. The fraction of sp³-hybridized carbons (Fsp3) is 0.652. The fourth-order valence-corrected chi connectivity index (χ4v) is 3.67. The van der Waals surface area contributed by atoms with Gasteiger partial charge in [-0.1, -0.05) is 30.3 Å². The monoisotopic (exact) mass is 436 g/mol. The average Bonchev–Trinajstić information content (AvgIpc) is 2.76. The molecule has 0 spiro atoms. The van der Waals surface area contributed by atoms with Gasteiger partial charge < -0.3 is 29.5 Å². The van der Waals surface area contributed by atoms with Crippen LogP contribution in [0, 0.1) is 0 Å². The molecule has 0 aromatic heterocycles. The van der Waals surface area contributed by atoms with Gasteiger partial charge in [0.1, 0.15) is 18.3 Å². The van der Waals surface area contributed by atoms with E-state index in [0.717, 1.165) is 18.4 Å². The molecule has 8 heteroatoms. The van der Waals surface area contributed by atoms with E-state index in [9.17, 15) is 19.8 Å². The first-order chi connectivity index (χ1) is 14.9. The molecule has 1 aromatic rings. The summed E-state index contributed by atoms with van der Waals surface area (Å²) in [5, 5.41) is 20.6. The van der Waals surface area contributed by atoms with Crippen molar-refractivity contribution in [1.82, 2.24) is 9.80 Å². The smallest absolute Gasteiger partial charge is 0.226 e. The zero-order valence-electron chi connectivity index (χ0n) is 18.6. The van der Waals surface area contributed by atoms with E-state index in [1.807, 2.05) is 35.2 Å². The highest BCUT2D eigenvalue weighted by Crippen LogP contribution is 2.11. The van der Waals surface area contributed by atoms with E-state index in [1.165, 1.54) is 14.0 Å². The Hall–Kier alpha value is -2.00. The summed E-state index contributed by atoms with van der Waals surface area (Å²) in [6, 6.07) is 9.66. The van der Waals surface area contributed by atoms with Crippen molar-refractivity contribution in [3.05, 3.63) is 35.9 Å². The number of aliphatic hydroxyl groups is 2. The summed E-state index contributed by atoms with van der Waals surface area (Å²) in [6.07, 6.45) is -0.525. The molecule has 2 rings (SSSR count). The molecule has 0 radical (unpaired) electrons. The third-order valence-electron chi connectivity index (χ3n) is 5.59. The SMILES string of the molecule is CO[C@H]1CN(C(C)=O)CCCN(C(=O)Cc2ccccc2)CCCCOC[C@H](O)[C@@H]1O. The van der Waals surface area contributed by atoms with E-state index in [1.54, 1.807) is 4.90 Å². The fourth-order valence-electron chi connectivity index (χ4n) is 3.67. The summed E-state index contributed by atoms with van der Waals surface area (Å²) in [7, 11) is 1.44. The Labute approximate surface area is 184 Å². The van der Waals surface area contributed by atoms with Gasteiger partial charge in [-0.15, -0.1) is 0 Å². The highest BCUT2D eigenvalue weighted by atomic mass is 16.5. The first-order valence-corrected chi connectivity index (χ1v) is 11.0. The maximum Gasteiger partial charge on any atom is 0.226 e. The van der Waals surface area contributed by atoms with Crippen LogP contribution in [0.4, 0.5) is 0 Å². The quantitative estimate of drug-likeness (QED) is 0.729. The van der Waals surface area contributed by atoms with Gasteiger partial charge in [-0.3, -0.25) is 9.59 Å². The molecule has 0 bridgehead atoms. The lowest BCUT2D eigenvalue weighted by Gasteiger charge is -2.31. The van der Waals surface area contributed by atoms with Crippen LogP contribution in [0.25, 0.3) is 0 Å². The molecule has 3 atom stereocenters. The molecule has 0 saturated carbocycles. The van der Waals surface area contributed by atoms with E-state index >= 15 is 0 Å². The number of aliphatic hydroxyl groups excluding tert-OH is 2. The van der Waals surface area contributed by atoms with Crippen molar-refractivity contribution in [3.8, 4) is 0 Å². The lowest BCUT2D eigenvalue weighted by molar-refractivity contribution is -0.136. The number of hydrogen-bond donors (Lipinski definition) is 2. The molecule has 1 fully saturated rings. The molecule has 0 unspecified atom stereocenters. The van der Waals surface area contributed by atoms with Crippen LogP contribution in [0.5, 0.6) is 0 Å². The number of ether oxygens (including phenoxy) is 2. The zero-order chi connectivity index (χ0) is 22.6. The van der Waals surface area contributed by atoms with Gasteiger partial charge in [0.15, 0.2) is 0 Å². The van der Waals surface area contributed by atoms with E-state index in [2.05, 4.69) is 0 Å². The molecule has 174 valence electrons. The Morgan fingerprint density at radius 3 is 2.42 bits per heavy atom. The van der Waals surface area contributed by atoms with Crippen molar-refractivity contribution in [2.45, 2.75) is 50.9 Å². The summed E-state index contributed by atoms with van der Waals surface area (Å²) in [5.74, 6) is -0.0853. The molecular weight excluding hydrogens is 400 g/mol. The minimum atomic E-state index is -1.17. The number of nitrogens with zero attached hydrogens (tertiary/aromatic N) is 2. The van der Waals surface area contributed by atoms with Gasteiger partial charge in [-0.2, -0.15) is 0 Å². The Morgan fingerprint density at radius 2 is 1.74 bits per heavy atom. The predicted octanol–water partition coefficient (Wildman–Crippen LogP) is 0.844. The molecule has 8 nitrogen and oxygen atoms in total. The summed E-state index contributed by atoms with van der Waals surface area (Å²) in [5.41, 5.74) is 0.975. The number of methoxy groups -OCH3 is 1. The van der Waals surface area contributed by atoms with Gasteiger partial charge >= 0.3 is 0 Å². The van der Waals surface area contributed by atoms with Crippen LogP contribution < -0.4 is 0 Å². The van der Waals surface area contributed by atoms with E-state index in [-0.39, 0.29) is 25.0 Å². The van der Waals surface area contributed by atoms with E-state index in [0.29, 0.717) is 39.1 Å². The predicted molar refractivity (Wildman–Crippen MR) is 116 cm³/mol. The molecule has 1 heterocycles. The number of carbonyl (C=O) groups excluding carboxylic acids is 2.